The number of ether oxygens (including phenoxy) is 1. The maximum atomic E-state index is 11.6. The third-order valence-electron chi connectivity index (χ3n) is 1.72. The molecule has 1 aromatic heterocycles. The van der Waals surface area contributed by atoms with Crippen molar-refractivity contribution >= 4 is 21.4 Å². The van der Waals surface area contributed by atoms with Gasteiger partial charge in [-0.1, -0.05) is 6.07 Å². The number of sulfonamides is 1. The molecule has 6 heteroatoms. The third kappa shape index (κ3) is 3.06. The molecule has 0 aliphatic heterocycles. The van der Waals surface area contributed by atoms with Crippen LogP contribution in [0.4, 0.5) is 0 Å². The second-order valence-corrected chi connectivity index (χ2v) is 5.77. The molecule has 0 aliphatic rings. The van der Waals surface area contributed by atoms with Crippen LogP contribution in [0.1, 0.15) is 6.92 Å². The third-order valence-corrected chi connectivity index (χ3v) is 4.54. The van der Waals surface area contributed by atoms with Gasteiger partial charge in [0.2, 0.25) is 10.0 Å². The minimum Gasteiger partial charge on any atom is -0.380 e. The largest absolute Gasteiger partial charge is 0.380 e. The second-order valence-electron chi connectivity index (χ2n) is 2.83. The molecule has 0 saturated heterocycles. The average molecular weight is 235 g/mol. The van der Waals surface area contributed by atoms with Crippen LogP contribution in [-0.4, -0.2) is 28.2 Å². The van der Waals surface area contributed by atoms with Crippen molar-refractivity contribution in [2.24, 2.45) is 0 Å². The predicted molar refractivity (Wildman–Crippen MR) is 56.0 cm³/mol. The van der Waals surface area contributed by atoms with Gasteiger partial charge in [-0.3, -0.25) is 0 Å². The summed E-state index contributed by atoms with van der Waals surface area (Å²) in [6, 6.07) is 3.28. The van der Waals surface area contributed by atoms with Gasteiger partial charge in [-0.15, -0.1) is 11.3 Å². The highest BCUT2D eigenvalue weighted by Crippen LogP contribution is 2.14. The van der Waals surface area contributed by atoms with E-state index in [9.17, 15) is 8.42 Å². The minimum atomic E-state index is -3.33. The summed E-state index contributed by atoms with van der Waals surface area (Å²) in [4.78, 5) is 0. The fourth-order valence-electron chi connectivity index (χ4n) is 0.798. The fraction of sp³-hybridized carbons (Fsp3) is 0.500. The van der Waals surface area contributed by atoms with Crippen molar-refractivity contribution in [3.63, 3.8) is 0 Å². The fourth-order valence-corrected chi connectivity index (χ4v) is 2.95. The van der Waals surface area contributed by atoms with E-state index in [1.165, 1.54) is 11.3 Å². The van der Waals surface area contributed by atoms with Crippen LogP contribution in [0.5, 0.6) is 0 Å². The summed E-state index contributed by atoms with van der Waals surface area (Å²) in [6.07, 6.45) is -0.121. The smallest absolute Gasteiger partial charge is 0.250 e. The van der Waals surface area contributed by atoms with E-state index in [4.69, 9.17) is 4.74 Å². The number of rotatable bonds is 5. The Hall–Kier alpha value is -0.430. The molecule has 1 aromatic rings. The molecule has 4 nitrogen and oxygen atoms in total. The van der Waals surface area contributed by atoms with Gasteiger partial charge in [0, 0.05) is 13.7 Å². The Balaban J connectivity index is 2.60. The minimum absolute atomic E-state index is 0.121. The molecular weight excluding hydrogens is 222 g/mol. The van der Waals surface area contributed by atoms with Crippen LogP contribution in [0, 0.1) is 0 Å². The highest BCUT2D eigenvalue weighted by molar-refractivity contribution is 7.91. The van der Waals surface area contributed by atoms with Gasteiger partial charge in [0.1, 0.15) is 4.21 Å². The Bertz CT molecular complexity index is 358. The van der Waals surface area contributed by atoms with Crippen LogP contribution in [0.15, 0.2) is 21.7 Å². The molecule has 14 heavy (non-hydrogen) atoms. The zero-order valence-electron chi connectivity index (χ0n) is 8.06. The lowest BCUT2D eigenvalue weighted by Gasteiger charge is -2.09. The lowest BCUT2D eigenvalue weighted by Crippen LogP contribution is -2.31. The van der Waals surface area contributed by atoms with E-state index in [1.54, 1.807) is 31.5 Å². The van der Waals surface area contributed by atoms with E-state index in [1.807, 2.05) is 0 Å². The van der Waals surface area contributed by atoms with Gasteiger partial charge in [-0.2, -0.15) is 0 Å². The van der Waals surface area contributed by atoms with E-state index in [-0.39, 0.29) is 12.6 Å². The first kappa shape index (κ1) is 11.6. The zero-order valence-corrected chi connectivity index (χ0v) is 9.69. The summed E-state index contributed by atoms with van der Waals surface area (Å²) in [5, 5.41) is 1.73. The van der Waals surface area contributed by atoms with Gasteiger partial charge in [-0.05, 0) is 18.4 Å². The molecule has 1 atom stereocenters. The van der Waals surface area contributed by atoms with Gasteiger partial charge in [0.25, 0.3) is 0 Å². The Kier molecular flexibility index (Phi) is 4.06. The molecule has 1 rings (SSSR count). The number of hydrogen-bond donors (Lipinski definition) is 1. The van der Waals surface area contributed by atoms with Crippen molar-refractivity contribution in [2.45, 2.75) is 17.2 Å². The normalized spacial score (nSPS) is 14.1. The highest BCUT2D eigenvalue weighted by Gasteiger charge is 2.15. The van der Waals surface area contributed by atoms with Crippen LogP contribution < -0.4 is 4.72 Å². The molecule has 0 bridgehead atoms. The van der Waals surface area contributed by atoms with E-state index >= 15 is 0 Å². The van der Waals surface area contributed by atoms with E-state index in [2.05, 4.69) is 4.72 Å². The van der Waals surface area contributed by atoms with E-state index < -0.39 is 10.0 Å². The summed E-state index contributed by atoms with van der Waals surface area (Å²) < 4.78 is 30.9. The maximum Gasteiger partial charge on any atom is 0.250 e. The highest BCUT2D eigenvalue weighted by atomic mass is 32.2. The monoisotopic (exact) mass is 235 g/mol. The summed E-state index contributed by atoms with van der Waals surface area (Å²) >= 11 is 1.20. The number of hydrogen-bond acceptors (Lipinski definition) is 4. The summed E-state index contributed by atoms with van der Waals surface area (Å²) in [5.41, 5.74) is 0. The summed E-state index contributed by atoms with van der Waals surface area (Å²) in [6.45, 7) is 2.09. The summed E-state index contributed by atoms with van der Waals surface area (Å²) in [5.74, 6) is 0. The summed E-state index contributed by atoms with van der Waals surface area (Å²) in [7, 11) is -1.79. The van der Waals surface area contributed by atoms with Gasteiger partial charge in [-0.25, -0.2) is 13.1 Å². The topological polar surface area (TPSA) is 55.4 Å². The Labute approximate surface area is 88.0 Å². The Morgan fingerprint density at radius 3 is 2.86 bits per heavy atom. The molecule has 1 unspecified atom stereocenters. The predicted octanol–water partition coefficient (Wildman–Crippen LogP) is 1.06. The SMILES string of the molecule is COC(C)CNS(=O)(=O)c1cccs1. The first-order valence-corrected chi connectivity index (χ1v) is 6.48. The molecule has 0 aromatic carbocycles. The molecule has 0 aliphatic carbocycles. The number of nitrogens with one attached hydrogen (secondary N) is 1. The molecule has 0 spiro atoms. The van der Waals surface area contributed by atoms with Gasteiger partial charge in [0.15, 0.2) is 0 Å². The standard InChI is InChI=1S/C8H13NO3S2/c1-7(12-2)6-9-14(10,11)8-4-3-5-13-8/h3-5,7,9H,6H2,1-2H3. The number of methoxy groups -OCH3 is 1. The van der Waals surface area contributed by atoms with E-state index in [0.717, 1.165) is 0 Å². The van der Waals surface area contributed by atoms with Crippen LogP contribution in [0.3, 0.4) is 0 Å². The molecule has 0 fully saturated rings. The number of thiophene rings is 1. The molecule has 1 N–H and O–H groups in total. The van der Waals surface area contributed by atoms with Crippen molar-refractivity contribution in [1.82, 2.24) is 4.72 Å². The van der Waals surface area contributed by atoms with Crippen LogP contribution in [0.2, 0.25) is 0 Å². The van der Waals surface area contributed by atoms with Crippen LogP contribution in [0.25, 0.3) is 0 Å². The lowest BCUT2D eigenvalue weighted by atomic mass is 10.4. The molecule has 0 radical (unpaired) electrons. The van der Waals surface area contributed by atoms with Crippen molar-refractivity contribution in [2.75, 3.05) is 13.7 Å². The average Bonchev–Trinajstić information content (AvgIpc) is 2.67. The first-order valence-electron chi connectivity index (χ1n) is 4.12. The Morgan fingerprint density at radius 1 is 1.64 bits per heavy atom. The quantitative estimate of drug-likeness (QED) is 0.830. The van der Waals surface area contributed by atoms with Gasteiger partial charge < -0.3 is 4.74 Å². The second kappa shape index (κ2) is 4.88. The molecular formula is C8H13NO3S2. The molecule has 1 heterocycles. The van der Waals surface area contributed by atoms with Crippen molar-refractivity contribution < 1.29 is 13.2 Å². The Morgan fingerprint density at radius 2 is 2.36 bits per heavy atom. The van der Waals surface area contributed by atoms with Gasteiger partial charge in [0.05, 0.1) is 6.10 Å². The van der Waals surface area contributed by atoms with Crippen molar-refractivity contribution in [3.05, 3.63) is 17.5 Å². The van der Waals surface area contributed by atoms with Crippen LogP contribution >= 0.6 is 11.3 Å². The maximum absolute atomic E-state index is 11.6. The first-order chi connectivity index (χ1) is 6.56. The van der Waals surface area contributed by atoms with Crippen molar-refractivity contribution in [3.8, 4) is 0 Å². The zero-order chi connectivity index (χ0) is 10.6. The molecule has 80 valence electrons. The lowest BCUT2D eigenvalue weighted by molar-refractivity contribution is 0.122. The van der Waals surface area contributed by atoms with E-state index in [0.29, 0.717) is 4.21 Å². The molecule has 0 amide bonds. The van der Waals surface area contributed by atoms with Gasteiger partial charge >= 0.3 is 0 Å². The van der Waals surface area contributed by atoms with Crippen LogP contribution in [-0.2, 0) is 14.8 Å². The van der Waals surface area contributed by atoms with Crippen molar-refractivity contribution in [1.29, 1.82) is 0 Å². The molecule has 0 saturated carbocycles.